The van der Waals surface area contributed by atoms with Gasteiger partial charge in [0, 0.05) is 44.9 Å². The normalized spacial score (nSPS) is 11.3. The summed E-state index contributed by atoms with van der Waals surface area (Å²) in [5.74, 6) is 0.0897. The number of benzene rings is 1. The fourth-order valence-electron chi connectivity index (χ4n) is 2.74. The van der Waals surface area contributed by atoms with Gasteiger partial charge in [0.2, 0.25) is 0 Å². The Labute approximate surface area is 183 Å². The summed E-state index contributed by atoms with van der Waals surface area (Å²) in [6.07, 6.45) is 7.78. The number of likely N-dealkylation sites (N-methyl/N-ethyl adjacent to an activating group) is 1. The zero-order valence-corrected chi connectivity index (χ0v) is 18.3. The van der Waals surface area contributed by atoms with Crippen molar-refractivity contribution < 1.29 is 4.79 Å². The molecule has 0 unspecified atom stereocenters. The summed E-state index contributed by atoms with van der Waals surface area (Å²) in [5.41, 5.74) is 6.16. The molecule has 3 N–H and O–H groups in total. The van der Waals surface area contributed by atoms with E-state index in [0.717, 1.165) is 23.2 Å². The van der Waals surface area contributed by atoms with Crippen molar-refractivity contribution in [3.05, 3.63) is 72.5 Å². The van der Waals surface area contributed by atoms with E-state index in [1.807, 2.05) is 41.1 Å². The van der Waals surface area contributed by atoms with E-state index in [9.17, 15) is 4.79 Å². The first-order valence-electron chi connectivity index (χ1n) is 9.95. The van der Waals surface area contributed by atoms with Crippen molar-refractivity contribution in [2.45, 2.75) is 19.9 Å². The summed E-state index contributed by atoms with van der Waals surface area (Å²) in [5, 5.41) is 11.9. The van der Waals surface area contributed by atoms with Crippen molar-refractivity contribution in [3.63, 3.8) is 0 Å². The van der Waals surface area contributed by atoms with Crippen molar-refractivity contribution in [1.82, 2.24) is 25.5 Å². The standard InChI is InChI=1S/C22H30N8O/c1-6-11-29(12-10-23-3)28-21(27-17(2)22(31)25-5)19-14-26-30(16-19)15-18-8-7-9-20(13-18)24-4/h7-10,12-14,16,24H,2-3,6,11,15H2,1,4-5H3,(H,25,31)(H,27,28)/b12-10-. The molecule has 1 amide bonds. The smallest absolute Gasteiger partial charge is 0.269 e. The van der Waals surface area contributed by atoms with Gasteiger partial charge in [-0.2, -0.15) is 5.10 Å². The van der Waals surface area contributed by atoms with Crippen LogP contribution in [0.3, 0.4) is 0 Å². The molecule has 9 nitrogen and oxygen atoms in total. The SMILES string of the molecule is C=N/C=C\N(CCC)NC(=NC(=C)C(=O)NC)c1cnn(Cc2cccc(NC)c2)c1. The highest BCUT2D eigenvalue weighted by atomic mass is 16.1. The molecule has 0 spiro atoms. The van der Waals surface area contributed by atoms with Crippen molar-refractivity contribution >= 4 is 24.1 Å². The number of nitrogens with zero attached hydrogens (tertiary/aromatic N) is 5. The van der Waals surface area contributed by atoms with Crippen LogP contribution in [-0.2, 0) is 11.3 Å². The number of nitrogens with one attached hydrogen (secondary N) is 3. The summed E-state index contributed by atoms with van der Waals surface area (Å²) < 4.78 is 1.81. The lowest BCUT2D eigenvalue weighted by Gasteiger charge is -2.22. The number of hydrazine groups is 1. The Morgan fingerprint density at radius 3 is 2.84 bits per heavy atom. The molecule has 2 rings (SSSR count). The van der Waals surface area contributed by atoms with Crippen LogP contribution in [0.4, 0.5) is 5.69 Å². The van der Waals surface area contributed by atoms with Crippen molar-refractivity contribution in [1.29, 1.82) is 0 Å². The molecule has 2 aromatic rings. The van der Waals surface area contributed by atoms with Crippen LogP contribution in [0, 0.1) is 0 Å². The number of amides is 1. The van der Waals surface area contributed by atoms with Crippen LogP contribution < -0.4 is 16.1 Å². The van der Waals surface area contributed by atoms with Crippen LogP contribution in [0.25, 0.3) is 0 Å². The van der Waals surface area contributed by atoms with Crippen molar-refractivity contribution in [3.8, 4) is 0 Å². The van der Waals surface area contributed by atoms with E-state index in [-0.39, 0.29) is 11.6 Å². The molecule has 1 heterocycles. The molecule has 1 aromatic carbocycles. The van der Waals surface area contributed by atoms with Gasteiger partial charge in [-0.25, -0.2) is 4.99 Å². The third-order valence-electron chi connectivity index (χ3n) is 4.27. The summed E-state index contributed by atoms with van der Waals surface area (Å²) in [4.78, 5) is 20.1. The predicted molar refractivity (Wildman–Crippen MR) is 126 cm³/mol. The Bertz CT molecular complexity index is 960. The zero-order chi connectivity index (χ0) is 22.6. The van der Waals surface area contributed by atoms with Crippen LogP contribution in [0.1, 0.15) is 24.5 Å². The first-order valence-corrected chi connectivity index (χ1v) is 9.95. The number of aromatic nitrogens is 2. The average molecular weight is 423 g/mol. The summed E-state index contributed by atoms with van der Waals surface area (Å²) in [6, 6.07) is 8.11. The molecule has 0 aliphatic carbocycles. The Kier molecular flexibility index (Phi) is 9.03. The van der Waals surface area contributed by atoms with E-state index in [0.29, 0.717) is 18.9 Å². The zero-order valence-electron chi connectivity index (χ0n) is 18.3. The lowest BCUT2D eigenvalue weighted by molar-refractivity contribution is -0.117. The molecule has 0 saturated heterocycles. The fourth-order valence-corrected chi connectivity index (χ4v) is 2.74. The maximum absolute atomic E-state index is 11.9. The lowest BCUT2D eigenvalue weighted by atomic mass is 10.2. The molecule has 0 aliphatic heterocycles. The number of aliphatic imine (C=N–C) groups is 2. The van der Waals surface area contributed by atoms with Gasteiger partial charge in [-0.1, -0.05) is 25.6 Å². The van der Waals surface area contributed by atoms with Gasteiger partial charge in [0.05, 0.1) is 18.3 Å². The van der Waals surface area contributed by atoms with Crippen LogP contribution in [-0.4, -0.2) is 53.9 Å². The highest BCUT2D eigenvalue weighted by Gasteiger charge is 2.13. The first-order chi connectivity index (χ1) is 15.0. The molecule has 0 saturated carbocycles. The molecular formula is C22H30N8O. The van der Waals surface area contributed by atoms with Gasteiger partial charge >= 0.3 is 0 Å². The number of anilines is 1. The van der Waals surface area contributed by atoms with E-state index in [2.05, 4.69) is 57.4 Å². The number of carbonyl (C=O) groups excluding carboxylic acids is 1. The largest absolute Gasteiger partial charge is 0.388 e. The number of carbonyl (C=O) groups is 1. The monoisotopic (exact) mass is 422 g/mol. The third-order valence-corrected chi connectivity index (χ3v) is 4.27. The van der Waals surface area contributed by atoms with Crippen molar-refractivity contribution in [2.75, 3.05) is 26.0 Å². The minimum Gasteiger partial charge on any atom is -0.388 e. The number of rotatable bonds is 11. The minimum absolute atomic E-state index is 0.0849. The summed E-state index contributed by atoms with van der Waals surface area (Å²) in [6.45, 7) is 10.6. The van der Waals surface area contributed by atoms with Crippen LogP contribution in [0.2, 0.25) is 0 Å². The van der Waals surface area contributed by atoms with Crippen molar-refractivity contribution in [2.24, 2.45) is 9.98 Å². The lowest BCUT2D eigenvalue weighted by Crippen LogP contribution is -2.39. The van der Waals surface area contributed by atoms with Gasteiger partial charge in [-0.3, -0.25) is 24.9 Å². The number of hydrogen-bond acceptors (Lipinski definition) is 6. The quantitative estimate of drug-likeness (QED) is 0.223. The third kappa shape index (κ3) is 7.14. The Morgan fingerprint density at radius 2 is 2.16 bits per heavy atom. The maximum Gasteiger partial charge on any atom is 0.269 e. The number of hydrogen-bond donors (Lipinski definition) is 3. The molecule has 31 heavy (non-hydrogen) atoms. The molecule has 0 fully saturated rings. The number of amidine groups is 1. The highest BCUT2D eigenvalue weighted by Crippen LogP contribution is 2.12. The summed E-state index contributed by atoms with van der Waals surface area (Å²) >= 11 is 0. The topological polar surface area (TPSA) is 98.9 Å². The van der Waals surface area contributed by atoms with Gasteiger partial charge in [0.1, 0.15) is 5.70 Å². The Morgan fingerprint density at radius 1 is 1.35 bits per heavy atom. The molecule has 164 valence electrons. The highest BCUT2D eigenvalue weighted by molar-refractivity contribution is 6.02. The van der Waals surface area contributed by atoms with Gasteiger partial charge in [0.25, 0.3) is 5.91 Å². The van der Waals surface area contributed by atoms with E-state index in [1.54, 1.807) is 18.6 Å². The summed E-state index contributed by atoms with van der Waals surface area (Å²) in [7, 11) is 3.42. The Balaban J connectivity index is 2.31. The molecule has 0 radical (unpaired) electrons. The minimum atomic E-state index is -0.360. The molecular weight excluding hydrogens is 392 g/mol. The molecule has 1 aromatic heterocycles. The van der Waals surface area contributed by atoms with Gasteiger partial charge in [-0.15, -0.1) is 0 Å². The van der Waals surface area contributed by atoms with Crippen LogP contribution in [0.5, 0.6) is 0 Å². The van der Waals surface area contributed by atoms with E-state index in [1.165, 1.54) is 7.05 Å². The molecule has 0 aliphatic rings. The van der Waals surface area contributed by atoms with E-state index in [4.69, 9.17) is 0 Å². The molecule has 9 heteroatoms. The second kappa shape index (κ2) is 12.0. The van der Waals surface area contributed by atoms with Crippen LogP contribution >= 0.6 is 0 Å². The fraction of sp³-hybridized carbons (Fsp3) is 0.273. The average Bonchev–Trinajstić information content (AvgIpc) is 3.24. The molecule has 0 atom stereocenters. The predicted octanol–water partition coefficient (Wildman–Crippen LogP) is 2.37. The second-order valence-electron chi connectivity index (χ2n) is 6.65. The van der Waals surface area contributed by atoms with Gasteiger partial charge in [-0.05, 0) is 30.8 Å². The van der Waals surface area contributed by atoms with Gasteiger partial charge in [0.15, 0.2) is 5.84 Å². The first kappa shape index (κ1) is 23.4. The Hall–Kier alpha value is -3.88. The van der Waals surface area contributed by atoms with E-state index < -0.39 is 0 Å². The molecule has 0 bridgehead atoms. The van der Waals surface area contributed by atoms with Gasteiger partial charge < -0.3 is 10.6 Å². The maximum atomic E-state index is 11.9. The van der Waals surface area contributed by atoms with Crippen LogP contribution in [0.15, 0.2) is 71.3 Å². The second-order valence-corrected chi connectivity index (χ2v) is 6.65. The van der Waals surface area contributed by atoms with E-state index >= 15 is 0 Å².